The van der Waals surface area contributed by atoms with E-state index in [1.807, 2.05) is 48.5 Å². The van der Waals surface area contributed by atoms with E-state index in [4.69, 9.17) is 0 Å². The van der Waals surface area contributed by atoms with Gasteiger partial charge in [0.2, 0.25) is 0 Å². The fourth-order valence-electron chi connectivity index (χ4n) is 2.70. The Hall–Kier alpha value is -0.910. The molecular formula is C17H29NO3S. The molecule has 0 amide bonds. The van der Waals surface area contributed by atoms with Crippen LogP contribution in [0.25, 0.3) is 0 Å². The number of aliphatic hydroxyl groups is 1. The summed E-state index contributed by atoms with van der Waals surface area (Å²) in [6.45, 7) is 13.8. The monoisotopic (exact) mass is 327 g/mol. The van der Waals surface area contributed by atoms with Crippen LogP contribution >= 0.6 is 0 Å². The highest BCUT2D eigenvalue weighted by atomic mass is 32.2. The smallest absolute Gasteiger partial charge is 0.181 e. The quantitative estimate of drug-likeness (QED) is 0.842. The molecule has 0 aliphatic rings. The number of benzene rings is 1. The van der Waals surface area contributed by atoms with Gasteiger partial charge in [-0.2, -0.15) is 0 Å². The summed E-state index contributed by atoms with van der Waals surface area (Å²) in [7, 11) is -3.52. The average molecular weight is 327 g/mol. The van der Waals surface area contributed by atoms with Crippen molar-refractivity contribution in [1.29, 1.82) is 0 Å². The van der Waals surface area contributed by atoms with E-state index in [2.05, 4.69) is 5.32 Å². The van der Waals surface area contributed by atoms with Gasteiger partial charge in [-0.05, 0) is 62.4 Å². The summed E-state index contributed by atoms with van der Waals surface area (Å²) < 4.78 is 25.5. The molecule has 1 aromatic rings. The van der Waals surface area contributed by atoms with E-state index in [1.54, 1.807) is 0 Å². The van der Waals surface area contributed by atoms with E-state index in [9.17, 15) is 13.5 Å². The molecule has 1 rings (SSSR count). The van der Waals surface area contributed by atoms with Crippen LogP contribution in [0.1, 0.15) is 41.7 Å². The average Bonchev–Trinajstić information content (AvgIpc) is 2.40. The van der Waals surface area contributed by atoms with Gasteiger partial charge in [0.05, 0.1) is 16.8 Å². The van der Waals surface area contributed by atoms with Crippen molar-refractivity contribution in [3.63, 3.8) is 0 Å². The lowest BCUT2D eigenvalue weighted by atomic mass is 9.95. The minimum Gasteiger partial charge on any atom is -0.391 e. The summed E-state index contributed by atoms with van der Waals surface area (Å²) in [5.74, 6) is -0.254. The van der Waals surface area contributed by atoms with Gasteiger partial charge in [0.25, 0.3) is 0 Å². The molecule has 0 aliphatic carbocycles. The van der Waals surface area contributed by atoms with Crippen LogP contribution in [0.5, 0.6) is 0 Å². The zero-order valence-corrected chi connectivity index (χ0v) is 15.6. The SMILES string of the molecule is Cc1c(C)c(C)c(S(=O)(=O)CC(O)CNC(C)C)c(C)c1C. The molecule has 5 heteroatoms. The van der Waals surface area contributed by atoms with Crippen LogP contribution in [0.3, 0.4) is 0 Å². The standard InChI is InChI=1S/C17H29NO3S/c1-10(2)18-8-16(19)9-22(20,21)17-14(6)12(4)11(3)13(5)15(17)7/h10,16,18-19H,8-9H2,1-7H3. The Bertz CT molecular complexity index is 619. The second-order valence-corrected chi connectivity index (χ2v) is 8.42. The predicted molar refractivity (Wildman–Crippen MR) is 91.3 cm³/mol. The van der Waals surface area contributed by atoms with Crippen LogP contribution in [0, 0.1) is 34.6 Å². The molecule has 0 heterocycles. The van der Waals surface area contributed by atoms with Gasteiger partial charge in [-0.3, -0.25) is 0 Å². The van der Waals surface area contributed by atoms with Gasteiger partial charge in [0, 0.05) is 12.6 Å². The summed E-state index contributed by atoms with van der Waals surface area (Å²) in [6, 6.07) is 0.213. The molecule has 2 N–H and O–H groups in total. The van der Waals surface area contributed by atoms with E-state index >= 15 is 0 Å². The zero-order valence-electron chi connectivity index (χ0n) is 14.7. The Morgan fingerprint density at radius 2 is 1.32 bits per heavy atom. The first-order valence-corrected chi connectivity index (χ1v) is 9.35. The molecule has 0 fully saturated rings. The highest BCUT2D eigenvalue weighted by Crippen LogP contribution is 2.30. The Balaban J connectivity index is 3.19. The van der Waals surface area contributed by atoms with Gasteiger partial charge in [-0.15, -0.1) is 0 Å². The normalized spacial score (nSPS) is 13.7. The first kappa shape index (κ1) is 19.1. The molecule has 1 unspecified atom stereocenters. The van der Waals surface area contributed by atoms with Crippen molar-refractivity contribution >= 4 is 9.84 Å². The second-order valence-electron chi connectivity index (χ2n) is 6.45. The second kappa shape index (κ2) is 7.11. The molecule has 1 aromatic carbocycles. The van der Waals surface area contributed by atoms with Gasteiger partial charge < -0.3 is 10.4 Å². The zero-order chi connectivity index (χ0) is 17.2. The number of hydrogen-bond acceptors (Lipinski definition) is 4. The Morgan fingerprint density at radius 1 is 0.909 bits per heavy atom. The Morgan fingerprint density at radius 3 is 1.73 bits per heavy atom. The molecule has 1 atom stereocenters. The van der Waals surface area contributed by atoms with Crippen molar-refractivity contribution in [3.8, 4) is 0 Å². The third kappa shape index (κ3) is 4.09. The molecule has 0 saturated heterocycles. The number of sulfone groups is 1. The fraction of sp³-hybridized carbons (Fsp3) is 0.647. The maximum atomic E-state index is 12.8. The maximum absolute atomic E-state index is 12.8. The van der Waals surface area contributed by atoms with Crippen LogP contribution in [0.15, 0.2) is 4.90 Å². The van der Waals surface area contributed by atoms with E-state index in [1.165, 1.54) is 0 Å². The third-order valence-electron chi connectivity index (χ3n) is 4.42. The fourth-order valence-corrected chi connectivity index (χ4v) is 4.73. The van der Waals surface area contributed by atoms with E-state index < -0.39 is 15.9 Å². The lowest BCUT2D eigenvalue weighted by Gasteiger charge is -2.20. The first-order chi connectivity index (χ1) is 9.99. The van der Waals surface area contributed by atoms with Crippen molar-refractivity contribution in [2.75, 3.05) is 12.3 Å². The lowest BCUT2D eigenvalue weighted by Crippen LogP contribution is -2.36. The van der Waals surface area contributed by atoms with Gasteiger partial charge in [0.1, 0.15) is 0 Å². The van der Waals surface area contributed by atoms with Crippen LogP contribution < -0.4 is 5.32 Å². The number of nitrogens with one attached hydrogen (secondary N) is 1. The van der Waals surface area contributed by atoms with E-state index in [-0.39, 0.29) is 18.3 Å². The summed E-state index contributed by atoms with van der Waals surface area (Å²) in [5, 5.41) is 13.1. The predicted octanol–water partition coefficient (Wildman–Crippen LogP) is 2.36. The lowest BCUT2D eigenvalue weighted by molar-refractivity contribution is 0.190. The minimum absolute atomic E-state index is 0.213. The van der Waals surface area contributed by atoms with Crippen LogP contribution in [-0.4, -0.2) is 38.0 Å². The van der Waals surface area contributed by atoms with E-state index in [0.29, 0.717) is 4.90 Å². The molecule has 126 valence electrons. The van der Waals surface area contributed by atoms with Crippen LogP contribution in [0.4, 0.5) is 0 Å². The first-order valence-electron chi connectivity index (χ1n) is 7.70. The topological polar surface area (TPSA) is 66.4 Å². The van der Waals surface area contributed by atoms with Gasteiger partial charge in [-0.1, -0.05) is 13.8 Å². The number of aliphatic hydroxyl groups excluding tert-OH is 1. The summed E-state index contributed by atoms with van der Waals surface area (Å²) >= 11 is 0. The van der Waals surface area contributed by atoms with Gasteiger partial charge in [0.15, 0.2) is 9.84 Å². The summed E-state index contributed by atoms with van der Waals surface area (Å²) in [6.07, 6.45) is -0.909. The number of rotatable bonds is 6. The largest absolute Gasteiger partial charge is 0.391 e. The van der Waals surface area contributed by atoms with Crippen LogP contribution in [-0.2, 0) is 9.84 Å². The minimum atomic E-state index is -3.52. The Labute approximate surface area is 134 Å². The van der Waals surface area contributed by atoms with E-state index in [0.717, 1.165) is 27.8 Å². The summed E-state index contributed by atoms with van der Waals surface area (Å²) in [4.78, 5) is 0.386. The van der Waals surface area contributed by atoms with Crippen molar-refractivity contribution in [2.45, 2.75) is 65.5 Å². The molecule has 0 radical (unpaired) electrons. The molecule has 22 heavy (non-hydrogen) atoms. The van der Waals surface area contributed by atoms with Crippen LogP contribution in [0.2, 0.25) is 0 Å². The van der Waals surface area contributed by atoms with Crippen molar-refractivity contribution in [2.24, 2.45) is 0 Å². The van der Waals surface area contributed by atoms with Gasteiger partial charge >= 0.3 is 0 Å². The molecule has 0 bridgehead atoms. The molecule has 4 nitrogen and oxygen atoms in total. The molecule has 0 aromatic heterocycles. The maximum Gasteiger partial charge on any atom is 0.181 e. The molecular weight excluding hydrogens is 298 g/mol. The molecule has 0 saturated carbocycles. The number of hydrogen-bond donors (Lipinski definition) is 2. The molecule has 0 spiro atoms. The van der Waals surface area contributed by atoms with Crippen molar-refractivity contribution < 1.29 is 13.5 Å². The third-order valence-corrected chi connectivity index (χ3v) is 6.47. The van der Waals surface area contributed by atoms with Gasteiger partial charge in [-0.25, -0.2) is 8.42 Å². The molecule has 0 aliphatic heterocycles. The highest BCUT2D eigenvalue weighted by Gasteiger charge is 2.26. The highest BCUT2D eigenvalue weighted by molar-refractivity contribution is 7.91. The van der Waals surface area contributed by atoms with Crippen molar-refractivity contribution in [1.82, 2.24) is 5.32 Å². The summed E-state index contributed by atoms with van der Waals surface area (Å²) in [5.41, 5.74) is 4.75. The van der Waals surface area contributed by atoms with Crippen molar-refractivity contribution in [3.05, 3.63) is 27.8 Å². The Kier molecular flexibility index (Phi) is 6.18.